The van der Waals surface area contributed by atoms with E-state index in [4.69, 9.17) is 24.7 Å². The van der Waals surface area contributed by atoms with Gasteiger partial charge in [0.25, 0.3) is 5.97 Å². The van der Waals surface area contributed by atoms with Crippen LogP contribution in [0.2, 0.25) is 0 Å². The fraction of sp³-hybridized carbons (Fsp3) is 1.00. The van der Waals surface area contributed by atoms with E-state index in [-0.39, 0.29) is 12.1 Å². The van der Waals surface area contributed by atoms with E-state index in [0.29, 0.717) is 32.8 Å². The van der Waals surface area contributed by atoms with Gasteiger partial charge >= 0.3 is 0 Å². The van der Waals surface area contributed by atoms with E-state index in [1.165, 1.54) is 0 Å². The van der Waals surface area contributed by atoms with Gasteiger partial charge in [0.05, 0.1) is 26.6 Å². The SMILES string of the molecule is CC12COC(CCCOCN)(OC1)OC2. The summed E-state index contributed by atoms with van der Waals surface area (Å²) >= 11 is 0. The van der Waals surface area contributed by atoms with E-state index in [1.807, 2.05) is 0 Å². The Morgan fingerprint density at radius 3 is 2.33 bits per heavy atom. The molecular formula is C10H19NO4. The largest absolute Gasteiger partial charge is 0.367 e. The van der Waals surface area contributed by atoms with Crippen molar-refractivity contribution in [3.8, 4) is 0 Å². The summed E-state index contributed by atoms with van der Waals surface area (Å²) < 4.78 is 21.9. The molecule has 3 aliphatic heterocycles. The Kier molecular flexibility index (Phi) is 3.27. The quantitative estimate of drug-likeness (QED) is 0.534. The molecule has 0 spiro atoms. The van der Waals surface area contributed by atoms with E-state index in [1.54, 1.807) is 0 Å². The molecule has 0 aromatic rings. The van der Waals surface area contributed by atoms with Crippen LogP contribution in [0.5, 0.6) is 0 Å². The highest BCUT2D eigenvalue weighted by Crippen LogP contribution is 2.40. The molecule has 0 unspecified atom stereocenters. The lowest BCUT2D eigenvalue weighted by Crippen LogP contribution is -2.58. The Labute approximate surface area is 89.8 Å². The van der Waals surface area contributed by atoms with Gasteiger partial charge in [0.15, 0.2) is 0 Å². The third-order valence-corrected chi connectivity index (χ3v) is 2.81. The highest BCUT2D eigenvalue weighted by molar-refractivity contribution is 4.84. The third-order valence-electron chi connectivity index (χ3n) is 2.81. The molecule has 0 radical (unpaired) electrons. The van der Waals surface area contributed by atoms with Gasteiger partial charge in [-0.1, -0.05) is 6.92 Å². The van der Waals surface area contributed by atoms with Crippen LogP contribution in [0.4, 0.5) is 0 Å². The summed E-state index contributed by atoms with van der Waals surface area (Å²) in [5.41, 5.74) is 5.26. The second-order valence-electron chi connectivity index (χ2n) is 4.54. The fourth-order valence-electron chi connectivity index (χ4n) is 1.79. The van der Waals surface area contributed by atoms with Crippen molar-refractivity contribution in [3.05, 3.63) is 0 Å². The van der Waals surface area contributed by atoms with Crippen molar-refractivity contribution in [2.75, 3.05) is 33.2 Å². The zero-order valence-corrected chi connectivity index (χ0v) is 9.16. The molecule has 88 valence electrons. The molecule has 0 saturated carbocycles. The number of rotatable bonds is 5. The van der Waals surface area contributed by atoms with E-state index in [9.17, 15) is 0 Å². The summed E-state index contributed by atoms with van der Waals surface area (Å²) in [4.78, 5) is 0. The monoisotopic (exact) mass is 217 g/mol. The van der Waals surface area contributed by atoms with E-state index < -0.39 is 5.97 Å². The molecular weight excluding hydrogens is 198 g/mol. The minimum Gasteiger partial charge on any atom is -0.367 e. The van der Waals surface area contributed by atoms with Crippen LogP contribution in [-0.4, -0.2) is 39.1 Å². The Balaban J connectivity index is 1.77. The minimum absolute atomic E-state index is 0.0372. The lowest BCUT2D eigenvalue weighted by atomic mass is 9.91. The summed E-state index contributed by atoms with van der Waals surface area (Å²) in [6.07, 6.45) is 1.52. The first-order chi connectivity index (χ1) is 7.18. The molecule has 15 heavy (non-hydrogen) atoms. The maximum absolute atomic E-state index is 5.62. The van der Waals surface area contributed by atoms with Crippen LogP contribution in [0.15, 0.2) is 0 Å². The van der Waals surface area contributed by atoms with Crippen LogP contribution >= 0.6 is 0 Å². The van der Waals surface area contributed by atoms with Crippen LogP contribution in [0, 0.1) is 5.41 Å². The average Bonchev–Trinajstić information content (AvgIpc) is 2.27. The standard InChI is InChI=1S/C10H19NO4/c1-9-5-13-10(14-6-9,15-7-9)3-2-4-12-8-11/h2-8,11H2,1H3. The molecule has 0 amide bonds. The van der Waals surface area contributed by atoms with Gasteiger partial charge in [-0.15, -0.1) is 0 Å². The molecule has 3 fully saturated rings. The molecule has 5 nitrogen and oxygen atoms in total. The molecule has 5 heteroatoms. The van der Waals surface area contributed by atoms with Crippen molar-refractivity contribution in [3.63, 3.8) is 0 Å². The topological polar surface area (TPSA) is 62.9 Å². The molecule has 2 bridgehead atoms. The molecule has 3 saturated heterocycles. The molecule has 0 aromatic carbocycles. The summed E-state index contributed by atoms with van der Waals surface area (Å²) in [6, 6.07) is 0. The second-order valence-corrected chi connectivity index (χ2v) is 4.54. The summed E-state index contributed by atoms with van der Waals surface area (Å²) in [5.74, 6) is -0.810. The normalized spacial score (nSPS) is 39.6. The van der Waals surface area contributed by atoms with Crippen molar-refractivity contribution in [2.45, 2.75) is 25.7 Å². The van der Waals surface area contributed by atoms with Gasteiger partial charge in [0.2, 0.25) is 0 Å². The van der Waals surface area contributed by atoms with E-state index in [2.05, 4.69) is 6.92 Å². The summed E-state index contributed by atoms with van der Waals surface area (Å²) in [7, 11) is 0. The van der Waals surface area contributed by atoms with Crippen molar-refractivity contribution in [1.29, 1.82) is 0 Å². The first-order valence-electron chi connectivity index (χ1n) is 5.38. The van der Waals surface area contributed by atoms with Gasteiger partial charge in [-0.3, -0.25) is 0 Å². The molecule has 0 atom stereocenters. The molecule has 2 N–H and O–H groups in total. The summed E-state index contributed by atoms with van der Waals surface area (Å²) in [5, 5.41) is 0. The van der Waals surface area contributed by atoms with Gasteiger partial charge in [0, 0.05) is 18.4 Å². The van der Waals surface area contributed by atoms with E-state index in [0.717, 1.165) is 6.42 Å². The highest BCUT2D eigenvalue weighted by atomic mass is 16.9. The Morgan fingerprint density at radius 1 is 1.20 bits per heavy atom. The van der Waals surface area contributed by atoms with Crippen molar-refractivity contribution >= 4 is 0 Å². The number of hydrogen-bond donors (Lipinski definition) is 1. The first kappa shape index (κ1) is 11.3. The van der Waals surface area contributed by atoms with Crippen LogP contribution in [-0.2, 0) is 18.9 Å². The number of hydrogen-bond acceptors (Lipinski definition) is 5. The Hall–Kier alpha value is -0.200. The zero-order chi connectivity index (χ0) is 10.8. The molecule has 3 rings (SSSR count). The van der Waals surface area contributed by atoms with Crippen molar-refractivity contribution < 1.29 is 18.9 Å². The molecule has 3 aliphatic rings. The second kappa shape index (κ2) is 4.35. The van der Waals surface area contributed by atoms with Crippen LogP contribution in [0.1, 0.15) is 19.8 Å². The Bertz CT molecular complexity index is 197. The van der Waals surface area contributed by atoms with Gasteiger partial charge in [-0.25, -0.2) is 0 Å². The number of ether oxygens (including phenoxy) is 4. The molecule has 3 heterocycles. The van der Waals surface area contributed by atoms with E-state index >= 15 is 0 Å². The zero-order valence-electron chi connectivity index (χ0n) is 9.16. The molecule has 0 aliphatic carbocycles. The average molecular weight is 217 g/mol. The van der Waals surface area contributed by atoms with Crippen LogP contribution in [0.25, 0.3) is 0 Å². The van der Waals surface area contributed by atoms with Crippen molar-refractivity contribution in [1.82, 2.24) is 0 Å². The smallest absolute Gasteiger partial charge is 0.283 e. The van der Waals surface area contributed by atoms with Gasteiger partial charge in [-0.2, -0.15) is 0 Å². The predicted molar refractivity (Wildman–Crippen MR) is 52.9 cm³/mol. The maximum atomic E-state index is 5.62. The number of fused-ring (bicyclic) bond motifs is 3. The predicted octanol–water partition coefficient (Wildman–Crippen LogP) is 0.436. The van der Waals surface area contributed by atoms with Crippen LogP contribution in [0.3, 0.4) is 0 Å². The molecule has 0 aromatic heterocycles. The highest BCUT2D eigenvalue weighted by Gasteiger charge is 2.49. The van der Waals surface area contributed by atoms with Gasteiger partial charge in [-0.05, 0) is 6.42 Å². The van der Waals surface area contributed by atoms with Gasteiger partial charge < -0.3 is 24.7 Å². The van der Waals surface area contributed by atoms with Crippen molar-refractivity contribution in [2.24, 2.45) is 11.1 Å². The lowest BCUT2D eigenvalue weighted by Gasteiger charge is -2.50. The minimum atomic E-state index is -0.810. The van der Waals surface area contributed by atoms with Gasteiger partial charge in [0.1, 0.15) is 0 Å². The summed E-state index contributed by atoms with van der Waals surface area (Å²) in [6.45, 7) is 5.12. The number of nitrogens with two attached hydrogens (primary N) is 1. The lowest BCUT2D eigenvalue weighted by molar-refractivity contribution is -0.467. The maximum Gasteiger partial charge on any atom is 0.283 e. The van der Waals surface area contributed by atoms with Crippen LogP contribution < -0.4 is 5.73 Å². The fourth-order valence-corrected chi connectivity index (χ4v) is 1.79. The first-order valence-corrected chi connectivity index (χ1v) is 5.38. The Morgan fingerprint density at radius 2 is 1.80 bits per heavy atom. The third kappa shape index (κ3) is 2.49.